The monoisotopic (exact) mass is 391 g/mol. The van der Waals surface area contributed by atoms with Gasteiger partial charge in [-0.25, -0.2) is 8.42 Å². The van der Waals surface area contributed by atoms with Gasteiger partial charge in [-0.05, 0) is 62.9 Å². The molecule has 2 aromatic rings. The van der Waals surface area contributed by atoms with E-state index in [0.29, 0.717) is 29.1 Å². The van der Waals surface area contributed by atoms with Gasteiger partial charge in [0.25, 0.3) is 15.9 Å². The lowest BCUT2D eigenvalue weighted by molar-refractivity contribution is 0.0949. The van der Waals surface area contributed by atoms with E-state index in [4.69, 9.17) is 4.74 Å². The first-order chi connectivity index (χ1) is 12.8. The number of carbonyl (C=O) groups is 1. The van der Waals surface area contributed by atoms with Crippen molar-refractivity contribution < 1.29 is 17.9 Å². The van der Waals surface area contributed by atoms with Crippen LogP contribution < -0.4 is 20.1 Å². The Balaban J connectivity index is 2.22. The third-order valence-electron chi connectivity index (χ3n) is 4.17. The maximum Gasteiger partial charge on any atom is 0.261 e. The Bertz CT molecular complexity index is 896. The van der Waals surface area contributed by atoms with Crippen molar-refractivity contribution in [2.24, 2.45) is 0 Å². The normalized spacial score (nSPS) is 12.3. The van der Waals surface area contributed by atoms with Gasteiger partial charge < -0.3 is 15.4 Å². The molecule has 0 aliphatic rings. The van der Waals surface area contributed by atoms with Gasteiger partial charge in [-0.1, -0.05) is 6.07 Å². The van der Waals surface area contributed by atoms with E-state index in [0.717, 1.165) is 0 Å². The van der Waals surface area contributed by atoms with Crippen LogP contribution >= 0.6 is 0 Å². The molecule has 0 heterocycles. The molecule has 1 unspecified atom stereocenters. The highest BCUT2D eigenvalue weighted by atomic mass is 32.2. The molecule has 3 N–H and O–H groups in total. The average Bonchev–Trinajstić information content (AvgIpc) is 2.66. The van der Waals surface area contributed by atoms with Crippen LogP contribution in [0.1, 0.15) is 22.8 Å². The standard InChI is InChI=1S/C19H25N3O4S/c1-13-5-10-17(11-18(13)19(23)21-12-14(2)20-3)27(24,25)22-15-6-8-16(26-4)9-7-15/h5-11,14,20,22H,12H2,1-4H3,(H,21,23). The Hall–Kier alpha value is -2.58. The second kappa shape index (κ2) is 8.88. The zero-order chi connectivity index (χ0) is 20.0. The quantitative estimate of drug-likeness (QED) is 0.641. The number of benzene rings is 2. The van der Waals surface area contributed by atoms with Crippen molar-refractivity contribution in [3.05, 3.63) is 53.6 Å². The van der Waals surface area contributed by atoms with Gasteiger partial charge in [0.15, 0.2) is 0 Å². The summed E-state index contributed by atoms with van der Waals surface area (Å²) in [5.41, 5.74) is 1.44. The van der Waals surface area contributed by atoms with E-state index in [1.807, 2.05) is 6.92 Å². The summed E-state index contributed by atoms with van der Waals surface area (Å²) in [6, 6.07) is 11.1. The topological polar surface area (TPSA) is 96.5 Å². The molecule has 0 aromatic heterocycles. The number of methoxy groups -OCH3 is 1. The van der Waals surface area contributed by atoms with E-state index in [2.05, 4.69) is 15.4 Å². The molecule has 0 saturated carbocycles. The molecule has 1 atom stereocenters. The number of ether oxygens (including phenoxy) is 1. The van der Waals surface area contributed by atoms with Crippen LogP contribution in [0.15, 0.2) is 47.4 Å². The van der Waals surface area contributed by atoms with Gasteiger partial charge >= 0.3 is 0 Å². The lowest BCUT2D eigenvalue weighted by Crippen LogP contribution is -2.37. The highest BCUT2D eigenvalue weighted by Crippen LogP contribution is 2.21. The summed E-state index contributed by atoms with van der Waals surface area (Å²) in [5, 5.41) is 5.83. The molecular formula is C19H25N3O4S. The first kappa shape index (κ1) is 20.7. The number of amides is 1. The molecule has 0 spiro atoms. The number of nitrogens with one attached hydrogen (secondary N) is 3. The summed E-state index contributed by atoms with van der Waals surface area (Å²) < 4.78 is 32.9. The van der Waals surface area contributed by atoms with E-state index >= 15 is 0 Å². The van der Waals surface area contributed by atoms with Crippen LogP contribution in [-0.2, 0) is 10.0 Å². The Morgan fingerprint density at radius 2 is 1.81 bits per heavy atom. The molecule has 0 fully saturated rings. The number of hydrogen-bond acceptors (Lipinski definition) is 5. The molecule has 1 amide bonds. The fourth-order valence-corrected chi connectivity index (χ4v) is 3.41. The highest BCUT2D eigenvalue weighted by molar-refractivity contribution is 7.92. The fourth-order valence-electron chi connectivity index (χ4n) is 2.33. The van der Waals surface area contributed by atoms with Crippen molar-refractivity contribution in [3.63, 3.8) is 0 Å². The molecule has 0 aliphatic carbocycles. The van der Waals surface area contributed by atoms with Gasteiger partial charge in [0.2, 0.25) is 0 Å². The van der Waals surface area contributed by atoms with E-state index in [1.54, 1.807) is 44.3 Å². The van der Waals surface area contributed by atoms with Gasteiger partial charge in [-0.3, -0.25) is 9.52 Å². The van der Waals surface area contributed by atoms with Crippen LogP contribution in [0.25, 0.3) is 0 Å². The number of anilines is 1. The maximum absolute atomic E-state index is 12.7. The second-order valence-corrected chi connectivity index (χ2v) is 7.89. The zero-order valence-electron chi connectivity index (χ0n) is 15.9. The molecule has 0 bridgehead atoms. The third kappa shape index (κ3) is 5.45. The van der Waals surface area contributed by atoms with Crippen molar-refractivity contribution >= 4 is 21.6 Å². The molecule has 2 rings (SSSR count). The number of aryl methyl sites for hydroxylation is 1. The number of rotatable bonds is 8. The summed E-state index contributed by atoms with van der Waals surface area (Å²) in [4.78, 5) is 12.4. The van der Waals surface area contributed by atoms with Crippen molar-refractivity contribution in [3.8, 4) is 5.75 Å². The zero-order valence-corrected chi connectivity index (χ0v) is 16.7. The minimum atomic E-state index is -3.82. The molecule has 2 aromatic carbocycles. The van der Waals surface area contributed by atoms with Crippen LogP contribution in [0, 0.1) is 6.92 Å². The summed E-state index contributed by atoms with van der Waals surface area (Å²) in [7, 11) is -0.482. The fraction of sp³-hybridized carbons (Fsp3) is 0.316. The second-order valence-electron chi connectivity index (χ2n) is 6.21. The summed E-state index contributed by atoms with van der Waals surface area (Å²) in [6.45, 7) is 4.15. The van der Waals surface area contributed by atoms with Crippen LogP contribution in [0.3, 0.4) is 0 Å². The van der Waals surface area contributed by atoms with Gasteiger partial charge in [0, 0.05) is 23.8 Å². The molecule has 0 radical (unpaired) electrons. The van der Waals surface area contributed by atoms with E-state index < -0.39 is 10.0 Å². The predicted octanol–water partition coefficient (Wildman–Crippen LogP) is 2.14. The Morgan fingerprint density at radius 3 is 2.41 bits per heavy atom. The number of sulfonamides is 1. The van der Waals surface area contributed by atoms with Gasteiger partial charge in [0.05, 0.1) is 12.0 Å². The molecule has 27 heavy (non-hydrogen) atoms. The van der Waals surface area contributed by atoms with Gasteiger partial charge in [-0.2, -0.15) is 0 Å². The summed E-state index contributed by atoms with van der Waals surface area (Å²) >= 11 is 0. The highest BCUT2D eigenvalue weighted by Gasteiger charge is 2.18. The molecular weight excluding hydrogens is 366 g/mol. The van der Waals surface area contributed by atoms with E-state index in [-0.39, 0.29) is 16.8 Å². The first-order valence-electron chi connectivity index (χ1n) is 8.50. The lowest BCUT2D eigenvalue weighted by Gasteiger charge is -2.14. The number of likely N-dealkylation sites (N-methyl/N-ethyl adjacent to an activating group) is 1. The molecule has 0 saturated heterocycles. The Kier molecular flexibility index (Phi) is 6.81. The van der Waals surface area contributed by atoms with Gasteiger partial charge in [-0.15, -0.1) is 0 Å². The van der Waals surface area contributed by atoms with E-state index in [1.165, 1.54) is 19.2 Å². The molecule has 0 aliphatic heterocycles. The average molecular weight is 391 g/mol. The van der Waals surface area contributed by atoms with Crippen LogP contribution in [0.4, 0.5) is 5.69 Å². The molecule has 7 nitrogen and oxygen atoms in total. The smallest absolute Gasteiger partial charge is 0.261 e. The number of carbonyl (C=O) groups excluding carboxylic acids is 1. The van der Waals surface area contributed by atoms with Crippen LogP contribution in [-0.4, -0.2) is 41.1 Å². The van der Waals surface area contributed by atoms with Crippen molar-refractivity contribution in [2.45, 2.75) is 24.8 Å². The Labute approximate surface area is 160 Å². The predicted molar refractivity (Wildman–Crippen MR) is 106 cm³/mol. The van der Waals surface area contributed by atoms with Gasteiger partial charge in [0.1, 0.15) is 5.75 Å². The van der Waals surface area contributed by atoms with Crippen molar-refractivity contribution in [1.82, 2.24) is 10.6 Å². The maximum atomic E-state index is 12.7. The number of hydrogen-bond donors (Lipinski definition) is 3. The Morgan fingerprint density at radius 1 is 1.15 bits per heavy atom. The third-order valence-corrected chi connectivity index (χ3v) is 5.55. The largest absolute Gasteiger partial charge is 0.497 e. The van der Waals surface area contributed by atoms with Crippen molar-refractivity contribution in [2.75, 3.05) is 25.4 Å². The van der Waals surface area contributed by atoms with Crippen LogP contribution in [0.5, 0.6) is 5.75 Å². The first-order valence-corrected chi connectivity index (χ1v) is 9.98. The molecule has 146 valence electrons. The SMILES string of the molecule is CNC(C)CNC(=O)c1cc(S(=O)(=O)Nc2ccc(OC)cc2)ccc1C. The summed E-state index contributed by atoms with van der Waals surface area (Å²) in [5.74, 6) is 0.319. The van der Waals surface area contributed by atoms with Crippen molar-refractivity contribution in [1.29, 1.82) is 0 Å². The minimum Gasteiger partial charge on any atom is -0.497 e. The minimum absolute atomic E-state index is 0.0238. The summed E-state index contributed by atoms with van der Waals surface area (Å²) in [6.07, 6.45) is 0. The molecule has 8 heteroatoms. The lowest BCUT2D eigenvalue weighted by atomic mass is 10.1. The van der Waals surface area contributed by atoms with E-state index in [9.17, 15) is 13.2 Å². The van der Waals surface area contributed by atoms with Crippen LogP contribution in [0.2, 0.25) is 0 Å².